The molecule has 4 heteroatoms. The zero-order chi connectivity index (χ0) is 12.7. The van der Waals surface area contributed by atoms with Gasteiger partial charge in [-0.1, -0.05) is 30.3 Å². The van der Waals surface area contributed by atoms with Crippen LogP contribution in [0.3, 0.4) is 0 Å². The van der Waals surface area contributed by atoms with Crippen LogP contribution in [0.15, 0.2) is 30.3 Å². The SMILES string of the molecule is CC(C)NC(=O)CNC(=O)Cc1ccccc1. The van der Waals surface area contributed by atoms with Gasteiger partial charge < -0.3 is 10.6 Å². The van der Waals surface area contributed by atoms with Crippen molar-refractivity contribution in [3.8, 4) is 0 Å². The van der Waals surface area contributed by atoms with E-state index < -0.39 is 0 Å². The second kappa shape index (κ2) is 6.68. The van der Waals surface area contributed by atoms with E-state index in [0.29, 0.717) is 6.42 Å². The van der Waals surface area contributed by atoms with Crippen LogP contribution in [-0.4, -0.2) is 24.4 Å². The van der Waals surface area contributed by atoms with E-state index in [0.717, 1.165) is 5.56 Å². The Labute approximate surface area is 101 Å². The van der Waals surface area contributed by atoms with Gasteiger partial charge in [-0.15, -0.1) is 0 Å². The largest absolute Gasteiger partial charge is 0.352 e. The topological polar surface area (TPSA) is 58.2 Å². The highest BCUT2D eigenvalue weighted by molar-refractivity contribution is 5.85. The Morgan fingerprint density at radius 2 is 1.76 bits per heavy atom. The average Bonchev–Trinajstić information content (AvgIpc) is 2.27. The summed E-state index contributed by atoms with van der Waals surface area (Å²) in [6.45, 7) is 3.79. The number of hydrogen-bond donors (Lipinski definition) is 2. The highest BCUT2D eigenvalue weighted by atomic mass is 16.2. The number of carbonyl (C=O) groups excluding carboxylic acids is 2. The van der Waals surface area contributed by atoms with Crippen molar-refractivity contribution in [2.45, 2.75) is 26.3 Å². The average molecular weight is 234 g/mol. The van der Waals surface area contributed by atoms with Gasteiger partial charge in [0.25, 0.3) is 0 Å². The second-order valence-corrected chi connectivity index (χ2v) is 4.16. The molecule has 0 saturated heterocycles. The van der Waals surface area contributed by atoms with Crippen molar-refractivity contribution in [3.63, 3.8) is 0 Å². The van der Waals surface area contributed by atoms with Gasteiger partial charge in [0.1, 0.15) is 0 Å². The van der Waals surface area contributed by atoms with Gasteiger partial charge in [0.15, 0.2) is 0 Å². The fraction of sp³-hybridized carbons (Fsp3) is 0.385. The molecule has 0 radical (unpaired) electrons. The Hall–Kier alpha value is -1.84. The Bertz CT molecular complexity index is 374. The molecule has 0 unspecified atom stereocenters. The molecule has 0 atom stereocenters. The van der Waals surface area contributed by atoms with Gasteiger partial charge in [-0.25, -0.2) is 0 Å². The molecular formula is C13H18N2O2. The van der Waals surface area contributed by atoms with Crippen LogP contribution in [0.5, 0.6) is 0 Å². The van der Waals surface area contributed by atoms with Crippen LogP contribution in [0.4, 0.5) is 0 Å². The van der Waals surface area contributed by atoms with Gasteiger partial charge in [-0.2, -0.15) is 0 Å². The molecule has 0 aliphatic carbocycles. The molecule has 0 heterocycles. The van der Waals surface area contributed by atoms with Gasteiger partial charge in [0.2, 0.25) is 11.8 Å². The van der Waals surface area contributed by atoms with Gasteiger partial charge in [0.05, 0.1) is 13.0 Å². The number of benzene rings is 1. The third-order valence-corrected chi connectivity index (χ3v) is 2.10. The Kier molecular flexibility index (Phi) is 5.20. The fourth-order valence-electron chi connectivity index (χ4n) is 1.40. The molecule has 92 valence electrons. The summed E-state index contributed by atoms with van der Waals surface area (Å²) in [5.41, 5.74) is 0.939. The lowest BCUT2D eigenvalue weighted by Gasteiger charge is -2.09. The normalized spacial score (nSPS) is 10.1. The summed E-state index contributed by atoms with van der Waals surface area (Å²) in [6, 6.07) is 9.52. The predicted molar refractivity (Wildman–Crippen MR) is 66.4 cm³/mol. The minimum atomic E-state index is -0.165. The summed E-state index contributed by atoms with van der Waals surface area (Å²) in [4.78, 5) is 22.8. The molecule has 0 bridgehead atoms. The van der Waals surface area contributed by atoms with Crippen LogP contribution in [0.1, 0.15) is 19.4 Å². The number of carbonyl (C=O) groups is 2. The van der Waals surface area contributed by atoms with E-state index in [1.54, 1.807) is 0 Å². The third-order valence-electron chi connectivity index (χ3n) is 2.10. The van der Waals surface area contributed by atoms with Crippen LogP contribution in [0.25, 0.3) is 0 Å². The van der Waals surface area contributed by atoms with Gasteiger partial charge in [-0.3, -0.25) is 9.59 Å². The van der Waals surface area contributed by atoms with E-state index in [4.69, 9.17) is 0 Å². The number of hydrogen-bond acceptors (Lipinski definition) is 2. The van der Waals surface area contributed by atoms with E-state index in [2.05, 4.69) is 10.6 Å². The van der Waals surface area contributed by atoms with Crippen molar-refractivity contribution in [1.82, 2.24) is 10.6 Å². The lowest BCUT2D eigenvalue weighted by Crippen LogP contribution is -2.40. The lowest BCUT2D eigenvalue weighted by molar-refractivity contribution is -0.126. The van der Waals surface area contributed by atoms with Gasteiger partial charge >= 0.3 is 0 Å². The number of nitrogens with one attached hydrogen (secondary N) is 2. The van der Waals surface area contributed by atoms with Crippen molar-refractivity contribution in [2.75, 3.05) is 6.54 Å². The molecule has 0 fully saturated rings. The standard InChI is InChI=1S/C13H18N2O2/c1-10(2)15-13(17)9-14-12(16)8-11-6-4-3-5-7-11/h3-7,10H,8-9H2,1-2H3,(H,14,16)(H,15,17). The highest BCUT2D eigenvalue weighted by Crippen LogP contribution is 1.98. The zero-order valence-corrected chi connectivity index (χ0v) is 10.2. The van der Waals surface area contributed by atoms with Crippen molar-refractivity contribution in [2.24, 2.45) is 0 Å². The molecule has 1 aromatic carbocycles. The van der Waals surface area contributed by atoms with E-state index in [1.807, 2.05) is 44.2 Å². The van der Waals surface area contributed by atoms with Crippen molar-refractivity contribution in [3.05, 3.63) is 35.9 Å². The predicted octanol–water partition coefficient (Wildman–Crippen LogP) is 0.870. The van der Waals surface area contributed by atoms with Crippen molar-refractivity contribution in [1.29, 1.82) is 0 Å². The molecule has 0 aliphatic rings. The Balaban J connectivity index is 2.29. The first-order chi connectivity index (χ1) is 8.08. The lowest BCUT2D eigenvalue weighted by atomic mass is 10.1. The van der Waals surface area contributed by atoms with E-state index in [9.17, 15) is 9.59 Å². The fourth-order valence-corrected chi connectivity index (χ4v) is 1.40. The maximum Gasteiger partial charge on any atom is 0.239 e. The molecule has 17 heavy (non-hydrogen) atoms. The molecule has 1 aromatic rings. The monoisotopic (exact) mass is 234 g/mol. The molecule has 2 N–H and O–H groups in total. The van der Waals surface area contributed by atoms with E-state index in [-0.39, 0.29) is 24.4 Å². The van der Waals surface area contributed by atoms with Crippen LogP contribution >= 0.6 is 0 Å². The molecule has 0 spiro atoms. The summed E-state index contributed by atoms with van der Waals surface area (Å²) in [5, 5.41) is 5.29. The molecule has 4 nitrogen and oxygen atoms in total. The third kappa shape index (κ3) is 5.70. The highest BCUT2D eigenvalue weighted by Gasteiger charge is 2.06. The maximum atomic E-state index is 11.5. The Morgan fingerprint density at radius 1 is 1.12 bits per heavy atom. The minimum Gasteiger partial charge on any atom is -0.352 e. The number of amides is 2. The summed E-state index contributed by atoms with van der Waals surface area (Å²) >= 11 is 0. The quantitative estimate of drug-likeness (QED) is 0.794. The van der Waals surface area contributed by atoms with E-state index in [1.165, 1.54) is 0 Å². The molecule has 2 amide bonds. The van der Waals surface area contributed by atoms with Crippen molar-refractivity contribution < 1.29 is 9.59 Å². The second-order valence-electron chi connectivity index (χ2n) is 4.16. The van der Waals surface area contributed by atoms with E-state index >= 15 is 0 Å². The molecule has 0 aliphatic heterocycles. The van der Waals surface area contributed by atoms with Crippen LogP contribution < -0.4 is 10.6 Å². The minimum absolute atomic E-state index is 0.0316. The molecule has 1 rings (SSSR count). The zero-order valence-electron chi connectivity index (χ0n) is 10.2. The smallest absolute Gasteiger partial charge is 0.239 e. The van der Waals surface area contributed by atoms with Gasteiger partial charge in [-0.05, 0) is 19.4 Å². The first kappa shape index (κ1) is 13.2. The summed E-state index contributed by atoms with van der Waals surface area (Å²) in [7, 11) is 0. The van der Waals surface area contributed by atoms with Crippen LogP contribution in [0, 0.1) is 0 Å². The van der Waals surface area contributed by atoms with Crippen LogP contribution in [-0.2, 0) is 16.0 Å². The Morgan fingerprint density at radius 3 is 2.35 bits per heavy atom. The first-order valence-electron chi connectivity index (χ1n) is 5.68. The molecule has 0 aromatic heterocycles. The summed E-state index contributed by atoms with van der Waals surface area (Å²) < 4.78 is 0. The summed E-state index contributed by atoms with van der Waals surface area (Å²) in [5.74, 6) is -0.309. The first-order valence-corrected chi connectivity index (χ1v) is 5.68. The van der Waals surface area contributed by atoms with Gasteiger partial charge in [0, 0.05) is 6.04 Å². The molecule has 0 saturated carbocycles. The molecular weight excluding hydrogens is 216 g/mol. The van der Waals surface area contributed by atoms with Crippen molar-refractivity contribution >= 4 is 11.8 Å². The summed E-state index contributed by atoms with van der Waals surface area (Å²) in [6.07, 6.45) is 0.301. The number of rotatable bonds is 5. The van der Waals surface area contributed by atoms with Crippen LogP contribution in [0.2, 0.25) is 0 Å². The maximum absolute atomic E-state index is 11.5.